The summed E-state index contributed by atoms with van der Waals surface area (Å²) in [5.41, 5.74) is 0.958. The Kier molecular flexibility index (Phi) is 3.77. The van der Waals surface area contributed by atoms with E-state index in [1.807, 2.05) is 42.5 Å². The zero-order valence-electron chi connectivity index (χ0n) is 10.5. The van der Waals surface area contributed by atoms with Crippen molar-refractivity contribution < 1.29 is 4.74 Å². The molecule has 0 amide bonds. The highest BCUT2D eigenvalue weighted by Gasteiger charge is 2.07. The second kappa shape index (κ2) is 5.70. The Hall–Kier alpha value is -1.77. The monoisotopic (exact) mass is 303 g/mol. The van der Waals surface area contributed by atoms with Gasteiger partial charge in [-0.1, -0.05) is 41.9 Å². The molecule has 100 valence electrons. The molecule has 1 heterocycles. The second-order valence-electron chi connectivity index (χ2n) is 4.33. The van der Waals surface area contributed by atoms with Crippen molar-refractivity contribution in [1.82, 2.24) is 4.98 Å². The molecule has 0 aliphatic carbocycles. The molecule has 0 unspecified atom stereocenters. The fraction of sp³-hybridized carbons (Fsp3) is 0.0625. The fourth-order valence-electron chi connectivity index (χ4n) is 1.99. The standard InChI is InChI=1S/C16H11Cl2NO/c17-9-11-5-8-16(19-10-11)20-15-7-6-14(18)12-3-1-2-4-13(12)15/h1-8,10H,9H2. The quantitative estimate of drug-likeness (QED) is 0.603. The van der Waals surface area contributed by atoms with Crippen molar-refractivity contribution >= 4 is 34.0 Å². The van der Waals surface area contributed by atoms with Crippen LogP contribution in [-0.2, 0) is 5.88 Å². The fourth-order valence-corrected chi connectivity index (χ4v) is 2.37. The largest absolute Gasteiger partial charge is 0.438 e. The van der Waals surface area contributed by atoms with Crippen LogP contribution in [-0.4, -0.2) is 4.98 Å². The Morgan fingerprint density at radius 1 is 0.950 bits per heavy atom. The Morgan fingerprint density at radius 3 is 2.45 bits per heavy atom. The van der Waals surface area contributed by atoms with Crippen LogP contribution in [0, 0.1) is 0 Å². The first-order valence-corrected chi connectivity index (χ1v) is 7.05. The van der Waals surface area contributed by atoms with Crippen molar-refractivity contribution in [3.63, 3.8) is 0 Å². The first-order chi connectivity index (χ1) is 9.78. The van der Waals surface area contributed by atoms with Gasteiger partial charge < -0.3 is 4.74 Å². The lowest BCUT2D eigenvalue weighted by Gasteiger charge is -2.09. The molecule has 4 heteroatoms. The Morgan fingerprint density at radius 2 is 1.75 bits per heavy atom. The van der Waals surface area contributed by atoms with Gasteiger partial charge in [-0.05, 0) is 17.7 Å². The van der Waals surface area contributed by atoms with Crippen LogP contribution < -0.4 is 4.74 Å². The number of fused-ring (bicyclic) bond motifs is 1. The van der Waals surface area contributed by atoms with Crippen LogP contribution in [0.25, 0.3) is 10.8 Å². The maximum atomic E-state index is 6.19. The van der Waals surface area contributed by atoms with Gasteiger partial charge in [-0.15, -0.1) is 11.6 Å². The summed E-state index contributed by atoms with van der Waals surface area (Å²) in [6.07, 6.45) is 1.71. The third kappa shape index (κ3) is 2.58. The van der Waals surface area contributed by atoms with Crippen LogP contribution in [0.2, 0.25) is 5.02 Å². The number of hydrogen-bond acceptors (Lipinski definition) is 2. The lowest BCUT2D eigenvalue weighted by atomic mass is 10.1. The van der Waals surface area contributed by atoms with E-state index in [9.17, 15) is 0 Å². The first-order valence-electron chi connectivity index (χ1n) is 6.14. The third-order valence-corrected chi connectivity index (χ3v) is 3.64. The number of halogens is 2. The number of ether oxygens (including phenoxy) is 1. The SMILES string of the molecule is ClCc1ccc(Oc2ccc(Cl)c3ccccc23)nc1. The van der Waals surface area contributed by atoms with E-state index in [4.69, 9.17) is 27.9 Å². The molecule has 20 heavy (non-hydrogen) atoms. The van der Waals surface area contributed by atoms with E-state index in [-0.39, 0.29) is 0 Å². The summed E-state index contributed by atoms with van der Waals surface area (Å²) in [7, 11) is 0. The van der Waals surface area contributed by atoms with E-state index in [0.717, 1.165) is 22.1 Å². The van der Waals surface area contributed by atoms with Gasteiger partial charge in [-0.3, -0.25) is 0 Å². The van der Waals surface area contributed by atoms with E-state index in [2.05, 4.69) is 4.98 Å². The van der Waals surface area contributed by atoms with Gasteiger partial charge in [0.15, 0.2) is 0 Å². The average molecular weight is 304 g/mol. The number of aromatic nitrogens is 1. The molecule has 0 atom stereocenters. The molecular formula is C16H11Cl2NO. The molecule has 0 fully saturated rings. The van der Waals surface area contributed by atoms with Crippen molar-refractivity contribution in [3.05, 3.63) is 65.3 Å². The number of nitrogens with zero attached hydrogens (tertiary/aromatic N) is 1. The van der Waals surface area contributed by atoms with Gasteiger partial charge in [-0.25, -0.2) is 4.98 Å². The lowest BCUT2D eigenvalue weighted by molar-refractivity contribution is 0.468. The van der Waals surface area contributed by atoms with Gasteiger partial charge in [0.2, 0.25) is 5.88 Å². The maximum Gasteiger partial charge on any atom is 0.219 e. The van der Waals surface area contributed by atoms with E-state index in [0.29, 0.717) is 16.8 Å². The molecule has 0 aliphatic rings. The highest BCUT2D eigenvalue weighted by atomic mass is 35.5. The summed E-state index contributed by atoms with van der Waals surface area (Å²) in [6.45, 7) is 0. The molecule has 0 N–H and O–H groups in total. The van der Waals surface area contributed by atoms with Crippen molar-refractivity contribution in [2.24, 2.45) is 0 Å². The van der Waals surface area contributed by atoms with Gasteiger partial charge in [0.05, 0.1) is 0 Å². The normalized spacial score (nSPS) is 10.7. The molecule has 1 aromatic heterocycles. The van der Waals surface area contributed by atoms with Crippen molar-refractivity contribution in [2.75, 3.05) is 0 Å². The molecule has 0 bridgehead atoms. The van der Waals surface area contributed by atoms with Crippen molar-refractivity contribution in [2.45, 2.75) is 5.88 Å². The first kappa shape index (κ1) is 13.2. The molecule has 3 rings (SSSR count). The van der Waals surface area contributed by atoms with Gasteiger partial charge in [0.25, 0.3) is 0 Å². The minimum absolute atomic E-state index is 0.442. The van der Waals surface area contributed by atoms with Crippen LogP contribution in [0.5, 0.6) is 11.6 Å². The summed E-state index contributed by atoms with van der Waals surface area (Å²) >= 11 is 11.9. The summed E-state index contributed by atoms with van der Waals surface area (Å²) in [5.74, 6) is 1.71. The third-order valence-electron chi connectivity index (χ3n) is 3.00. The summed E-state index contributed by atoms with van der Waals surface area (Å²) in [4.78, 5) is 4.23. The molecule has 0 aliphatic heterocycles. The van der Waals surface area contributed by atoms with Gasteiger partial charge >= 0.3 is 0 Å². The molecule has 3 aromatic rings. The highest BCUT2D eigenvalue weighted by Crippen LogP contribution is 2.33. The molecule has 2 nitrogen and oxygen atoms in total. The van der Waals surface area contributed by atoms with E-state index in [1.54, 1.807) is 12.3 Å². The smallest absolute Gasteiger partial charge is 0.219 e. The minimum Gasteiger partial charge on any atom is -0.438 e. The van der Waals surface area contributed by atoms with E-state index < -0.39 is 0 Å². The molecule has 0 saturated carbocycles. The maximum absolute atomic E-state index is 6.19. The Balaban J connectivity index is 2.00. The second-order valence-corrected chi connectivity index (χ2v) is 5.01. The van der Waals surface area contributed by atoms with Crippen LogP contribution in [0.15, 0.2) is 54.7 Å². The summed E-state index contributed by atoms with van der Waals surface area (Å²) in [6, 6.07) is 15.2. The number of rotatable bonds is 3. The minimum atomic E-state index is 0.442. The van der Waals surface area contributed by atoms with Gasteiger partial charge in [-0.2, -0.15) is 0 Å². The van der Waals surface area contributed by atoms with Crippen LogP contribution in [0.4, 0.5) is 0 Å². The summed E-state index contributed by atoms with van der Waals surface area (Å²) in [5, 5.41) is 2.63. The number of alkyl halides is 1. The molecule has 2 aromatic carbocycles. The van der Waals surface area contributed by atoms with E-state index in [1.165, 1.54) is 0 Å². The lowest BCUT2D eigenvalue weighted by Crippen LogP contribution is -1.90. The van der Waals surface area contributed by atoms with Gasteiger partial charge in [0, 0.05) is 33.9 Å². The zero-order valence-corrected chi connectivity index (χ0v) is 12.0. The van der Waals surface area contributed by atoms with Gasteiger partial charge in [0.1, 0.15) is 5.75 Å². The Bertz CT molecular complexity index is 741. The van der Waals surface area contributed by atoms with Crippen LogP contribution >= 0.6 is 23.2 Å². The number of benzene rings is 2. The predicted molar refractivity (Wildman–Crippen MR) is 82.8 cm³/mol. The zero-order chi connectivity index (χ0) is 13.9. The topological polar surface area (TPSA) is 22.1 Å². The molecule has 0 saturated heterocycles. The predicted octanol–water partition coefficient (Wildman–Crippen LogP) is 5.42. The van der Waals surface area contributed by atoms with Crippen molar-refractivity contribution in [3.8, 4) is 11.6 Å². The van der Waals surface area contributed by atoms with Crippen LogP contribution in [0.3, 0.4) is 0 Å². The molecule has 0 spiro atoms. The van der Waals surface area contributed by atoms with Crippen molar-refractivity contribution in [1.29, 1.82) is 0 Å². The van der Waals surface area contributed by atoms with E-state index >= 15 is 0 Å². The molecule has 0 radical (unpaired) electrons. The summed E-state index contributed by atoms with van der Waals surface area (Å²) < 4.78 is 5.83. The number of hydrogen-bond donors (Lipinski definition) is 0. The Labute approximate surface area is 126 Å². The highest BCUT2D eigenvalue weighted by molar-refractivity contribution is 6.35. The van der Waals surface area contributed by atoms with Crippen LogP contribution in [0.1, 0.15) is 5.56 Å². The number of pyridine rings is 1. The average Bonchev–Trinajstić information content (AvgIpc) is 2.51. The molecular weight excluding hydrogens is 293 g/mol.